The number of carbonyl (C=O) groups is 1. The van der Waals surface area contributed by atoms with Crippen LogP contribution in [0.1, 0.15) is 49.9 Å². The van der Waals surface area contributed by atoms with E-state index in [2.05, 4.69) is 10.4 Å². The molecule has 108 valence electrons. The number of aryl methyl sites for hydroxylation is 2. The van der Waals surface area contributed by atoms with Gasteiger partial charge in [-0.1, -0.05) is 12.8 Å². The SMILES string of the molecule is Cc1nn(C)cc1C(C)NC(=O)C1(N)CCCC1.Cl. The Morgan fingerprint density at radius 1 is 1.53 bits per heavy atom. The van der Waals surface area contributed by atoms with Gasteiger partial charge in [0.1, 0.15) is 0 Å². The van der Waals surface area contributed by atoms with Crippen molar-refractivity contribution in [2.75, 3.05) is 0 Å². The van der Waals surface area contributed by atoms with Crippen molar-refractivity contribution in [3.63, 3.8) is 0 Å². The summed E-state index contributed by atoms with van der Waals surface area (Å²) in [5.74, 6) is -0.0317. The third kappa shape index (κ3) is 3.28. The number of aromatic nitrogens is 2. The molecule has 1 fully saturated rings. The van der Waals surface area contributed by atoms with Gasteiger partial charge in [-0.2, -0.15) is 5.10 Å². The van der Waals surface area contributed by atoms with Crippen LogP contribution in [0.4, 0.5) is 0 Å². The zero-order valence-electron chi connectivity index (χ0n) is 11.8. The van der Waals surface area contributed by atoms with Gasteiger partial charge in [-0.15, -0.1) is 12.4 Å². The molecule has 1 unspecified atom stereocenters. The Hall–Kier alpha value is -1.07. The van der Waals surface area contributed by atoms with Gasteiger partial charge >= 0.3 is 0 Å². The lowest BCUT2D eigenvalue weighted by Crippen LogP contribution is -2.52. The lowest BCUT2D eigenvalue weighted by molar-refractivity contribution is -0.126. The standard InChI is InChI=1S/C13H22N4O.ClH/c1-9(11-8-17(3)16-10(11)2)15-12(18)13(14)6-4-5-7-13;/h8-9H,4-7,14H2,1-3H3,(H,15,18);1H. The molecule has 1 atom stereocenters. The topological polar surface area (TPSA) is 72.9 Å². The molecule has 0 aliphatic heterocycles. The third-order valence-electron chi connectivity index (χ3n) is 3.81. The first kappa shape index (κ1) is 16.0. The summed E-state index contributed by atoms with van der Waals surface area (Å²) >= 11 is 0. The summed E-state index contributed by atoms with van der Waals surface area (Å²) < 4.78 is 1.76. The Morgan fingerprint density at radius 2 is 2.11 bits per heavy atom. The number of nitrogens with zero attached hydrogens (tertiary/aromatic N) is 2. The van der Waals surface area contributed by atoms with Crippen LogP contribution < -0.4 is 11.1 Å². The summed E-state index contributed by atoms with van der Waals surface area (Å²) in [6.45, 7) is 3.92. The maximum absolute atomic E-state index is 12.2. The van der Waals surface area contributed by atoms with E-state index in [0.717, 1.165) is 36.9 Å². The van der Waals surface area contributed by atoms with E-state index >= 15 is 0 Å². The van der Waals surface area contributed by atoms with Crippen LogP contribution in [-0.2, 0) is 11.8 Å². The predicted octanol–water partition coefficient (Wildman–Crippen LogP) is 1.60. The van der Waals surface area contributed by atoms with Gasteiger partial charge in [-0.05, 0) is 26.7 Å². The van der Waals surface area contributed by atoms with Gasteiger partial charge in [0, 0.05) is 18.8 Å². The molecular formula is C13H23ClN4O. The number of amides is 1. The van der Waals surface area contributed by atoms with Crippen molar-refractivity contribution < 1.29 is 4.79 Å². The summed E-state index contributed by atoms with van der Waals surface area (Å²) in [6, 6.07) is -0.0489. The molecule has 1 amide bonds. The molecule has 3 N–H and O–H groups in total. The number of halogens is 1. The number of hydrogen-bond acceptors (Lipinski definition) is 3. The van der Waals surface area contributed by atoms with Crippen LogP contribution in [0.15, 0.2) is 6.20 Å². The molecule has 1 aromatic rings. The molecule has 2 rings (SSSR count). The minimum Gasteiger partial charge on any atom is -0.348 e. The van der Waals surface area contributed by atoms with E-state index in [-0.39, 0.29) is 24.4 Å². The van der Waals surface area contributed by atoms with E-state index in [1.165, 1.54) is 0 Å². The van der Waals surface area contributed by atoms with Crippen molar-refractivity contribution in [3.05, 3.63) is 17.5 Å². The Bertz CT molecular complexity index is 451. The van der Waals surface area contributed by atoms with Gasteiger partial charge in [0.25, 0.3) is 0 Å². The van der Waals surface area contributed by atoms with Crippen LogP contribution in [-0.4, -0.2) is 21.2 Å². The third-order valence-corrected chi connectivity index (χ3v) is 3.81. The zero-order chi connectivity index (χ0) is 13.3. The molecule has 1 heterocycles. The van der Waals surface area contributed by atoms with Gasteiger partial charge in [-0.3, -0.25) is 9.48 Å². The average Bonchev–Trinajstić information content (AvgIpc) is 2.86. The average molecular weight is 287 g/mol. The van der Waals surface area contributed by atoms with Gasteiger partial charge in [0.2, 0.25) is 5.91 Å². The molecule has 0 aromatic carbocycles. The van der Waals surface area contributed by atoms with Crippen molar-refractivity contribution >= 4 is 18.3 Å². The number of rotatable bonds is 3. The van der Waals surface area contributed by atoms with Crippen molar-refractivity contribution in [1.29, 1.82) is 0 Å². The second kappa shape index (κ2) is 5.92. The molecule has 0 bridgehead atoms. The first-order valence-corrected chi connectivity index (χ1v) is 6.52. The first-order chi connectivity index (χ1) is 8.42. The van der Waals surface area contributed by atoms with E-state index in [4.69, 9.17) is 5.73 Å². The highest BCUT2D eigenvalue weighted by molar-refractivity contribution is 5.86. The second-order valence-corrected chi connectivity index (χ2v) is 5.40. The lowest BCUT2D eigenvalue weighted by Gasteiger charge is -2.25. The zero-order valence-corrected chi connectivity index (χ0v) is 12.6. The fourth-order valence-electron chi connectivity index (χ4n) is 2.69. The Balaban J connectivity index is 0.00000180. The minimum atomic E-state index is -0.662. The number of carbonyl (C=O) groups excluding carboxylic acids is 1. The number of nitrogens with one attached hydrogen (secondary N) is 1. The summed E-state index contributed by atoms with van der Waals surface area (Å²) in [5.41, 5.74) is 7.47. The Morgan fingerprint density at radius 3 is 2.58 bits per heavy atom. The highest BCUT2D eigenvalue weighted by atomic mass is 35.5. The number of hydrogen-bond donors (Lipinski definition) is 2. The normalized spacial score (nSPS) is 18.7. The van der Waals surface area contributed by atoms with E-state index in [1.54, 1.807) is 4.68 Å². The maximum Gasteiger partial charge on any atom is 0.240 e. The molecule has 1 aliphatic carbocycles. The van der Waals surface area contributed by atoms with Crippen LogP contribution >= 0.6 is 12.4 Å². The highest BCUT2D eigenvalue weighted by Gasteiger charge is 2.37. The molecule has 0 radical (unpaired) electrons. The molecule has 1 saturated carbocycles. The molecule has 1 aromatic heterocycles. The highest BCUT2D eigenvalue weighted by Crippen LogP contribution is 2.28. The van der Waals surface area contributed by atoms with E-state index in [1.807, 2.05) is 27.1 Å². The monoisotopic (exact) mass is 286 g/mol. The van der Waals surface area contributed by atoms with E-state index in [9.17, 15) is 4.79 Å². The van der Waals surface area contributed by atoms with Crippen LogP contribution in [0.3, 0.4) is 0 Å². The molecule has 0 saturated heterocycles. The number of nitrogens with two attached hydrogens (primary N) is 1. The molecule has 0 spiro atoms. The van der Waals surface area contributed by atoms with E-state index < -0.39 is 5.54 Å². The Labute approximate surface area is 120 Å². The molecular weight excluding hydrogens is 264 g/mol. The first-order valence-electron chi connectivity index (χ1n) is 6.52. The molecule has 19 heavy (non-hydrogen) atoms. The van der Waals surface area contributed by atoms with Crippen LogP contribution in [0.2, 0.25) is 0 Å². The second-order valence-electron chi connectivity index (χ2n) is 5.40. The van der Waals surface area contributed by atoms with Gasteiger partial charge in [0.15, 0.2) is 0 Å². The molecule has 6 heteroatoms. The van der Waals surface area contributed by atoms with E-state index in [0.29, 0.717) is 0 Å². The lowest BCUT2D eigenvalue weighted by atomic mass is 9.97. The van der Waals surface area contributed by atoms with Crippen molar-refractivity contribution in [3.8, 4) is 0 Å². The van der Waals surface area contributed by atoms with Crippen molar-refractivity contribution in [1.82, 2.24) is 15.1 Å². The Kier molecular flexibility index (Phi) is 4.98. The van der Waals surface area contributed by atoms with Crippen LogP contribution in [0.25, 0.3) is 0 Å². The molecule has 5 nitrogen and oxygen atoms in total. The van der Waals surface area contributed by atoms with Crippen molar-refractivity contribution in [2.45, 2.75) is 51.1 Å². The van der Waals surface area contributed by atoms with Gasteiger partial charge < -0.3 is 11.1 Å². The maximum atomic E-state index is 12.2. The summed E-state index contributed by atoms with van der Waals surface area (Å²) in [6.07, 6.45) is 5.61. The largest absolute Gasteiger partial charge is 0.348 e. The van der Waals surface area contributed by atoms with Gasteiger partial charge in [0.05, 0.1) is 17.3 Å². The quantitative estimate of drug-likeness (QED) is 0.886. The van der Waals surface area contributed by atoms with Crippen LogP contribution in [0, 0.1) is 6.92 Å². The predicted molar refractivity (Wildman–Crippen MR) is 77.1 cm³/mol. The van der Waals surface area contributed by atoms with Crippen LogP contribution in [0.5, 0.6) is 0 Å². The summed E-state index contributed by atoms with van der Waals surface area (Å²) in [7, 11) is 1.88. The molecule has 1 aliphatic rings. The van der Waals surface area contributed by atoms with Crippen molar-refractivity contribution in [2.24, 2.45) is 12.8 Å². The summed E-state index contributed by atoms with van der Waals surface area (Å²) in [5, 5.41) is 7.30. The van der Waals surface area contributed by atoms with Gasteiger partial charge in [-0.25, -0.2) is 0 Å². The summed E-state index contributed by atoms with van der Waals surface area (Å²) in [4.78, 5) is 12.2. The fourth-order valence-corrected chi connectivity index (χ4v) is 2.69. The fraction of sp³-hybridized carbons (Fsp3) is 0.692. The smallest absolute Gasteiger partial charge is 0.240 e. The minimum absolute atomic E-state index is 0.